The second-order valence-corrected chi connectivity index (χ2v) is 4.51. The van der Waals surface area contributed by atoms with Crippen LogP contribution >= 0.6 is 34.2 Å². The predicted molar refractivity (Wildman–Crippen MR) is 66.2 cm³/mol. The maximum absolute atomic E-state index is 13.1. The zero-order chi connectivity index (χ0) is 11.5. The maximum atomic E-state index is 13.1. The van der Waals surface area contributed by atoms with Gasteiger partial charge >= 0.3 is 6.01 Å². The van der Waals surface area contributed by atoms with Gasteiger partial charge in [0.15, 0.2) is 0 Å². The van der Waals surface area contributed by atoms with Crippen molar-refractivity contribution in [1.82, 2.24) is 9.97 Å². The van der Waals surface area contributed by atoms with E-state index in [1.807, 2.05) is 0 Å². The molecular weight excluding hydrogens is 345 g/mol. The lowest BCUT2D eigenvalue weighted by atomic mass is 10.3. The zero-order valence-corrected chi connectivity index (χ0v) is 10.7. The van der Waals surface area contributed by atoms with Crippen LogP contribution in [0.25, 0.3) is 0 Å². The SMILES string of the molecule is Fc1cc(Oc2ncc(I)cn2)ccc1Cl. The quantitative estimate of drug-likeness (QED) is 0.775. The highest BCUT2D eigenvalue weighted by atomic mass is 127. The average molecular weight is 351 g/mol. The van der Waals surface area contributed by atoms with Crippen molar-refractivity contribution in [2.24, 2.45) is 0 Å². The molecule has 0 N–H and O–H groups in total. The Morgan fingerprint density at radius 1 is 1.25 bits per heavy atom. The molecule has 1 aromatic heterocycles. The van der Waals surface area contributed by atoms with E-state index in [4.69, 9.17) is 16.3 Å². The lowest BCUT2D eigenvalue weighted by molar-refractivity contribution is 0.437. The van der Waals surface area contributed by atoms with Crippen molar-refractivity contribution < 1.29 is 9.13 Å². The van der Waals surface area contributed by atoms with Gasteiger partial charge in [0.2, 0.25) is 0 Å². The normalized spacial score (nSPS) is 10.2. The molecule has 6 heteroatoms. The van der Waals surface area contributed by atoms with Gasteiger partial charge in [0.25, 0.3) is 0 Å². The molecule has 0 saturated heterocycles. The van der Waals surface area contributed by atoms with Gasteiger partial charge in [-0.2, -0.15) is 0 Å². The molecule has 1 heterocycles. The number of nitrogens with zero attached hydrogens (tertiary/aromatic N) is 2. The number of benzene rings is 1. The Morgan fingerprint density at radius 2 is 1.94 bits per heavy atom. The maximum Gasteiger partial charge on any atom is 0.321 e. The highest BCUT2D eigenvalue weighted by Gasteiger charge is 2.04. The fourth-order valence-corrected chi connectivity index (χ4v) is 1.39. The number of hydrogen-bond acceptors (Lipinski definition) is 3. The lowest BCUT2D eigenvalue weighted by Crippen LogP contribution is -1.92. The van der Waals surface area contributed by atoms with Crippen LogP contribution in [-0.2, 0) is 0 Å². The molecule has 0 aliphatic carbocycles. The summed E-state index contributed by atoms with van der Waals surface area (Å²) in [5.74, 6) is -0.229. The molecule has 0 aliphatic rings. The van der Waals surface area contributed by atoms with Gasteiger partial charge in [0, 0.05) is 22.0 Å². The van der Waals surface area contributed by atoms with Crippen LogP contribution in [0.1, 0.15) is 0 Å². The molecule has 0 aliphatic heterocycles. The molecule has 0 amide bonds. The van der Waals surface area contributed by atoms with Crippen LogP contribution in [-0.4, -0.2) is 9.97 Å². The van der Waals surface area contributed by atoms with Gasteiger partial charge in [-0.05, 0) is 34.7 Å². The van der Waals surface area contributed by atoms with Crippen molar-refractivity contribution in [3.8, 4) is 11.8 Å². The number of hydrogen-bond donors (Lipinski definition) is 0. The molecule has 0 radical (unpaired) electrons. The standard InChI is InChI=1S/C10H5ClFIN2O/c11-8-2-1-7(3-9(8)12)16-10-14-4-6(13)5-15-10/h1-5H. The van der Waals surface area contributed by atoms with E-state index in [1.165, 1.54) is 12.1 Å². The highest BCUT2D eigenvalue weighted by Crippen LogP contribution is 2.23. The third-order valence-corrected chi connectivity index (χ3v) is 2.56. The summed E-state index contributed by atoms with van der Waals surface area (Å²) in [6.07, 6.45) is 3.21. The van der Waals surface area contributed by atoms with Crippen molar-refractivity contribution in [3.05, 3.63) is 45.0 Å². The van der Waals surface area contributed by atoms with E-state index >= 15 is 0 Å². The molecular formula is C10H5ClFIN2O. The van der Waals surface area contributed by atoms with Crippen LogP contribution in [0.2, 0.25) is 5.02 Å². The first-order chi connectivity index (χ1) is 7.65. The summed E-state index contributed by atoms with van der Waals surface area (Å²) < 4.78 is 19.2. The van der Waals surface area contributed by atoms with Crippen LogP contribution in [0.3, 0.4) is 0 Å². The number of rotatable bonds is 2. The van der Waals surface area contributed by atoms with Gasteiger partial charge in [0.05, 0.1) is 5.02 Å². The fraction of sp³-hybridized carbons (Fsp3) is 0. The number of ether oxygens (including phenoxy) is 1. The summed E-state index contributed by atoms with van der Waals surface area (Å²) in [7, 11) is 0. The monoisotopic (exact) mass is 350 g/mol. The molecule has 82 valence electrons. The van der Waals surface area contributed by atoms with Crippen LogP contribution in [0.4, 0.5) is 4.39 Å². The Labute approximate surface area is 110 Å². The van der Waals surface area contributed by atoms with Crippen molar-refractivity contribution >= 4 is 34.2 Å². The van der Waals surface area contributed by atoms with E-state index in [1.54, 1.807) is 18.5 Å². The van der Waals surface area contributed by atoms with Gasteiger partial charge in [-0.1, -0.05) is 11.6 Å². The van der Waals surface area contributed by atoms with Crippen LogP contribution < -0.4 is 4.74 Å². The molecule has 0 unspecified atom stereocenters. The Bertz CT molecular complexity index is 507. The molecule has 0 spiro atoms. The van der Waals surface area contributed by atoms with E-state index in [2.05, 4.69) is 32.6 Å². The minimum Gasteiger partial charge on any atom is -0.424 e. The summed E-state index contributed by atoms with van der Waals surface area (Å²) in [5.41, 5.74) is 0. The molecule has 0 bridgehead atoms. The number of aromatic nitrogens is 2. The lowest BCUT2D eigenvalue weighted by Gasteiger charge is -2.03. The first-order valence-electron chi connectivity index (χ1n) is 4.25. The zero-order valence-electron chi connectivity index (χ0n) is 7.82. The minimum atomic E-state index is -0.537. The Balaban J connectivity index is 2.20. The van der Waals surface area contributed by atoms with Gasteiger partial charge in [-0.25, -0.2) is 14.4 Å². The molecule has 0 saturated carbocycles. The van der Waals surface area contributed by atoms with Crippen LogP contribution in [0, 0.1) is 9.39 Å². The summed E-state index contributed by atoms with van der Waals surface area (Å²) in [6.45, 7) is 0. The second kappa shape index (κ2) is 4.92. The smallest absolute Gasteiger partial charge is 0.321 e. The summed E-state index contributed by atoms with van der Waals surface area (Å²) in [5, 5.41) is 0.0517. The van der Waals surface area contributed by atoms with E-state index in [-0.39, 0.29) is 11.0 Å². The van der Waals surface area contributed by atoms with Crippen molar-refractivity contribution in [2.45, 2.75) is 0 Å². The molecule has 3 nitrogen and oxygen atoms in total. The Morgan fingerprint density at radius 3 is 2.56 bits per heavy atom. The second-order valence-electron chi connectivity index (χ2n) is 2.86. The first kappa shape index (κ1) is 11.5. The van der Waals surface area contributed by atoms with E-state index in [0.717, 1.165) is 3.57 Å². The summed E-state index contributed by atoms with van der Waals surface area (Å²) in [6, 6.07) is 4.32. The van der Waals surface area contributed by atoms with E-state index in [9.17, 15) is 4.39 Å². The van der Waals surface area contributed by atoms with Gasteiger partial charge in [0.1, 0.15) is 11.6 Å². The first-order valence-corrected chi connectivity index (χ1v) is 5.71. The molecule has 0 fully saturated rings. The van der Waals surface area contributed by atoms with E-state index in [0.29, 0.717) is 5.75 Å². The summed E-state index contributed by atoms with van der Waals surface area (Å²) in [4.78, 5) is 7.86. The highest BCUT2D eigenvalue weighted by molar-refractivity contribution is 14.1. The Kier molecular flexibility index (Phi) is 3.55. The van der Waals surface area contributed by atoms with Crippen molar-refractivity contribution in [3.63, 3.8) is 0 Å². The van der Waals surface area contributed by atoms with E-state index < -0.39 is 5.82 Å². The van der Waals surface area contributed by atoms with Gasteiger partial charge in [-0.3, -0.25) is 0 Å². The van der Waals surface area contributed by atoms with Gasteiger partial charge in [-0.15, -0.1) is 0 Å². The van der Waals surface area contributed by atoms with Crippen LogP contribution in [0.5, 0.6) is 11.8 Å². The largest absolute Gasteiger partial charge is 0.424 e. The third-order valence-electron chi connectivity index (χ3n) is 1.70. The Hall–Kier alpha value is -0.950. The fourth-order valence-electron chi connectivity index (χ4n) is 0.999. The van der Waals surface area contributed by atoms with Gasteiger partial charge < -0.3 is 4.74 Å². The minimum absolute atomic E-state index is 0.0517. The number of halogens is 3. The molecule has 2 rings (SSSR count). The van der Waals surface area contributed by atoms with Crippen LogP contribution in [0.15, 0.2) is 30.6 Å². The summed E-state index contributed by atoms with van der Waals surface area (Å²) >= 11 is 7.62. The van der Waals surface area contributed by atoms with Crippen molar-refractivity contribution in [1.29, 1.82) is 0 Å². The molecule has 1 aromatic carbocycles. The van der Waals surface area contributed by atoms with Crippen molar-refractivity contribution in [2.75, 3.05) is 0 Å². The predicted octanol–water partition coefficient (Wildman–Crippen LogP) is 3.67. The molecule has 16 heavy (non-hydrogen) atoms. The molecule has 2 aromatic rings. The molecule has 0 atom stereocenters. The third kappa shape index (κ3) is 2.79. The average Bonchev–Trinajstić information content (AvgIpc) is 2.27. The topological polar surface area (TPSA) is 35.0 Å².